The summed E-state index contributed by atoms with van der Waals surface area (Å²) in [4.78, 5) is 23.4. The molecular weight excluding hydrogens is 222 g/mol. The third-order valence-corrected chi connectivity index (χ3v) is 1.28. The van der Waals surface area contributed by atoms with Crippen molar-refractivity contribution in [1.82, 2.24) is 4.98 Å². The van der Waals surface area contributed by atoms with E-state index in [9.17, 15) is 9.59 Å². The zero-order chi connectivity index (χ0) is 11.7. The van der Waals surface area contributed by atoms with E-state index in [0.29, 0.717) is 6.61 Å². The highest BCUT2D eigenvalue weighted by molar-refractivity contribution is 6.61. The summed E-state index contributed by atoms with van der Waals surface area (Å²) in [6, 6.07) is 3.08. The highest BCUT2D eigenvalue weighted by Gasteiger charge is 1.97. The van der Waals surface area contributed by atoms with Crippen molar-refractivity contribution in [3.63, 3.8) is 0 Å². The van der Waals surface area contributed by atoms with E-state index in [-0.39, 0.29) is 5.56 Å². The van der Waals surface area contributed by atoms with Gasteiger partial charge in [-0.25, -0.2) is 9.59 Å². The van der Waals surface area contributed by atoms with Gasteiger partial charge in [-0.1, -0.05) is 0 Å². The number of carbonyl (C=O) groups is 2. The number of aromatic carboxylic acids is 1. The number of carboxylic acid groups (broad SMARTS) is 1. The van der Waals surface area contributed by atoms with Crippen molar-refractivity contribution < 1.29 is 19.4 Å². The molecule has 0 radical (unpaired) electrons. The lowest BCUT2D eigenvalue weighted by Gasteiger charge is -1.87. The monoisotopic (exact) mass is 231 g/mol. The molecule has 0 aliphatic rings. The lowest BCUT2D eigenvalue weighted by molar-refractivity contribution is 0.0696. The predicted octanol–water partition coefficient (Wildman–Crippen LogP) is 2.16. The van der Waals surface area contributed by atoms with Gasteiger partial charge in [0.05, 0.1) is 12.2 Å². The Kier molecular flexibility index (Phi) is 6.92. The first-order valence-electron chi connectivity index (χ1n) is 4.03. The first-order valence-corrected chi connectivity index (χ1v) is 4.41. The van der Waals surface area contributed by atoms with E-state index in [1.807, 2.05) is 0 Å². The molecule has 1 aromatic heterocycles. The normalized spacial score (nSPS) is 8.40. The molecule has 0 aliphatic carbocycles. The lowest BCUT2D eigenvalue weighted by Crippen LogP contribution is -1.94. The molecule has 6 heteroatoms. The Morgan fingerprint density at radius 2 is 2.27 bits per heavy atom. The van der Waals surface area contributed by atoms with Crippen molar-refractivity contribution in [3.8, 4) is 0 Å². The van der Waals surface area contributed by atoms with Gasteiger partial charge in [0.25, 0.3) is 0 Å². The molecule has 1 heterocycles. The molecule has 0 aromatic carbocycles. The number of nitrogens with zero attached hydrogens (tertiary/aromatic N) is 1. The Hall–Kier alpha value is -1.62. The summed E-state index contributed by atoms with van der Waals surface area (Å²) in [7, 11) is 0. The highest BCUT2D eigenvalue weighted by Crippen LogP contribution is 1.92. The summed E-state index contributed by atoms with van der Waals surface area (Å²) in [5.41, 5.74) is -0.519. The smallest absolute Gasteiger partial charge is 0.403 e. The number of carbonyl (C=O) groups excluding carboxylic acids is 1. The van der Waals surface area contributed by atoms with E-state index < -0.39 is 11.4 Å². The fourth-order valence-electron chi connectivity index (χ4n) is 0.603. The van der Waals surface area contributed by atoms with E-state index in [4.69, 9.17) is 16.7 Å². The zero-order valence-corrected chi connectivity index (χ0v) is 8.77. The number of aromatic nitrogens is 1. The van der Waals surface area contributed by atoms with Gasteiger partial charge in [0.1, 0.15) is 0 Å². The quantitative estimate of drug-likeness (QED) is 0.790. The van der Waals surface area contributed by atoms with Gasteiger partial charge >= 0.3 is 11.4 Å². The molecule has 1 aromatic rings. The van der Waals surface area contributed by atoms with E-state index in [1.165, 1.54) is 18.5 Å². The molecular formula is C9H10ClNO4. The molecule has 0 amide bonds. The number of rotatable bonds is 2. The van der Waals surface area contributed by atoms with Crippen LogP contribution in [0.2, 0.25) is 0 Å². The van der Waals surface area contributed by atoms with Crippen molar-refractivity contribution in [2.24, 2.45) is 0 Å². The van der Waals surface area contributed by atoms with Gasteiger partial charge in [-0.3, -0.25) is 4.98 Å². The summed E-state index contributed by atoms with van der Waals surface area (Å²) in [6.07, 6.45) is 2.84. The lowest BCUT2D eigenvalue weighted by atomic mass is 10.3. The third-order valence-electron chi connectivity index (χ3n) is 1.17. The number of hydrogen-bond donors (Lipinski definition) is 1. The standard InChI is InChI=1S/C6H5NO2.C3H5ClO2/c8-6(9)5-2-1-3-7-4-5;1-2-6-3(4)5/h1-4H,(H,8,9);2H2,1H3. The fraction of sp³-hybridized carbons (Fsp3) is 0.222. The van der Waals surface area contributed by atoms with Gasteiger partial charge in [-0.2, -0.15) is 0 Å². The maximum Gasteiger partial charge on any atom is 0.403 e. The van der Waals surface area contributed by atoms with Crippen LogP contribution in [-0.2, 0) is 4.74 Å². The Morgan fingerprint density at radius 3 is 2.47 bits per heavy atom. The zero-order valence-electron chi connectivity index (χ0n) is 8.01. The highest BCUT2D eigenvalue weighted by atomic mass is 35.5. The van der Waals surface area contributed by atoms with Crippen molar-refractivity contribution in [1.29, 1.82) is 0 Å². The van der Waals surface area contributed by atoms with E-state index in [0.717, 1.165) is 0 Å². The number of hydrogen-bond acceptors (Lipinski definition) is 4. The number of ether oxygens (including phenoxy) is 1. The summed E-state index contributed by atoms with van der Waals surface area (Å²) >= 11 is 4.72. The average Bonchev–Trinajstić information content (AvgIpc) is 2.20. The minimum atomic E-state index is -0.942. The molecule has 0 aliphatic heterocycles. The second kappa shape index (κ2) is 7.75. The summed E-state index contributed by atoms with van der Waals surface area (Å²) < 4.78 is 4.17. The molecule has 0 saturated carbocycles. The average molecular weight is 232 g/mol. The van der Waals surface area contributed by atoms with Gasteiger partial charge in [-0.05, 0) is 19.1 Å². The van der Waals surface area contributed by atoms with Crippen LogP contribution in [-0.4, -0.2) is 28.1 Å². The van der Waals surface area contributed by atoms with Crippen LogP contribution in [0, 0.1) is 0 Å². The van der Waals surface area contributed by atoms with Gasteiger partial charge in [-0.15, -0.1) is 0 Å². The Labute approximate surface area is 91.7 Å². The van der Waals surface area contributed by atoms with Crippen LogP contribution >= 0.6 is 11.6 Å². The molecule has 0 fully saturated rings. The largest absolute Gasteiger partial charge is 0.478 e. The SMILES string of the molecule is CCOC(=O)Cl.O=C(O)c1cccnc1. The van der Waals surface area contributed by atoms with Crippen LogP contribution in [0.5, 0.6) is 0 Å². The minimum Gasteiger partial charge on any atom is -0.478 e. The Balaban J connectivity index is 0.000000288. The summed E-state index contributed by atoms with van der Waals surface area (Å²) in [5, 5.41) is 8.34. The van der Waals surface area contributed by atoms with Crippen LogP contribution in [0.4, 0.5) is 4.79 Å². The van der Waals surface area contributed by atoms with E-state index >= 15 is 0 Å². The molecule has 0 saturated heterocycles. The minimum absolute atomic E-state index is 0.220. The maximum atomic E-state index is 10.2. The van der Waals surface area contributed by atoms with Crippen molar-refractivity contribution >= 4 is 23.0 Å². The van der Waals surface area contributed by atoms with Crippen molar-refractivity contribution in [2.45, 2.75) is 6.92 Å². The van der Waals surface area contributed by atoms with E-state index in [1.54, 1.807) is 13.0 Å². The van der Waals surface area contributed by atoms with Crippen LogP contribution in [0.25, 0.3) is 0 Å². The molecule has 15 heavy (non-hydrogen) atoms. The molecule has 0 unspecified atom stereocenters. The number of carboxylic acids is 1. The van der Waals surface area contributed by atoms with Crippen LogP contribution < -0.4 is 0 Å². The Bertz CT molecular complexity index is 315. The molecule has 82 valence electrons. The number of pyridine rings is 1. The van der Waals surface area contributed by atoms with E-state index in [2.05, 4.69) is 9.72 Å². The molecule has 0 bridgehead atoms. The molecule has 0 atom stereocenters. The molecule has 0 spiro atoms. The predicted molar refractivity (Wildman–Crippen MR) is 54.1 cm³/mol. The summed E-state index contributed by atoms with van der Waals surface area (Å²) in [5.74, 6) is -0.942. The molecule has 1 N–H and O–H groups in total. The van der Waals surface area contributed by atoms with Crippen LogP contribution in [0.3, 0.4) is 0 Å². The van der Waals surface area contributed by atoms with Gasteiger partial charge < -0.3 is 9.84 Å². The van der Waals surface area contributed by atoms with Gasteiger partial charge in [0.2, 0.25) is 0 Å². The fourth-order valence-corrected chi connectivity index (χ4v) is 0.712. The first kappa shape index (κ1) is 13.4. The van der Waals surface area contributed by atoms with Crippen LogP contribution in [0.1, 0.15) is 17.3 Å². The summed E-state index contributed by atoms with van der Waals surface area (Å²) in [6.45, 7) is 2.04. The second-order valence-electron chi connectivity index (χ2n) is 2.22. The van der Waals surface area contributed by atoms with Gasteiger partial charge in [0, 0.05) is 24.0 Å². The van der Waals surface area contributed by atoms with Crippen molar-refractivity contribution in [2.75, 3.05) is 6.61 Å². The molecule has 1 rings (SSSR count). The molecule has 5 nitrogen and oxygen atoms in total. The van der Waals surface area contributed by atoms with Gasteiger partial charge in [0.15, 0.2) is 0 Å². The maximum absolute atomic E-state index is 10.2. The van der Waals surface area contributed by atoms with Crippen molar-refractivity contribution in [3.05, 3.63) is 30.1 Å². The Morgan fingerprint density at radius 1 is 1.60 bits per heavy atom. The third kappa shape index (κ3) is 7.45. The first-order chi connectivity index (χ1) is 7.07. The second-order valence-corrected chi connectivity index (χ2v) is 2.53. The number of halogens is 1. The van der Waals surface area contributed by atoms with Crippen LogP contribution in [0.15, 0.2) is 24.5 Å². The topological polar surface area (TPSA) is 76.5 Å².